The molecule has 0 spiro atoms. The van der Waals surface area contributed by atoms with E-state index in [-0.39, 0.29) is 10.6 Å². The predicted octanol–water partition coefficient (Wildman–Crippen LogP) is 2.06. The van der Waals surface area contributed by atoms with Gasteiger partial charge in [0.2, 0.25) is 10.0 Å². The number of sulfonamides is 1. The van der Waals surface area contributed by atoms with Gasteiger partial charge in [-0.2, -0.15) is 0 Å². The van der Waals surface area contributed by atoms with Crippen LogP contribution in [-0.4, -0.2) is 26.3 Å². The van der Waals surface area contributed by atoms with Crippen LogP contribution >= 0.6 is 15.9 Å². The molecule has 0 aliphatic heterocycles. The van der Waals surface area contributed by atoms with Crippen LogP contribution in [0.15, 0.2) is 27.6 Å². The summed E-state index contributed by atoms with van der Waals surface area (Å²) in [6.07, 6.45) is 2.24. The molecule has 2 N–H and O–H groups in total. The zero-order valence-electron chi connectivity index (χ0n) is 9.56. The highest BCUT2D eigenvalue weighted by molar-refractivity contribution is 9.10. The van der Waals surface area contributed by atoms with Crippen molar-refractivity contribution in [3.63, 3.8) is 0 Å². The Kier molecular flexibility index (Phi) is 3.47. The van der Waals surface area contributed by atoms with Gasteiger partial charge in [0, 0.05) is 18.1 Å². The number of benzene rings is 1. The molecule has 1 aliphatic carbocycles. The number of nitrogens with zero attached hydrogens (tertiary/aromatic N) is 1. The number of nitrogens with two attached hydrogens (primary N) is 1. The number of rotatable bonds is 4. The second-order valence-corrected chi connectivity index (χ2v) is 7.34. The maximum absolute atomic E-state index is 12.3. The third-order valence-corrected chi connectivity index (χ3v) is 5.25. The van der Waals surface area contributed by atoms with Crippen LogP contribution in [0.4, 0.5) is 5.69 Å². The first-order chi connectivity index (χ1) is 7.91. The van der Waals surface area contributed by atoms with E-state index in [9.17, 15) is 8.42 Å². The van der Waals surface area contributed by atoms with Crippen LogP contribution in [0.3, 0.4) is 0 Å². The Balaban J connectivity index is 2.32. The summed E-state index contributed by atoms with van der Waals surface area (Å²) in [6.45, 7) is 0.578. The summed E-state index contributed by atoms with van der Waals surface area (Å²) in [5, 5.41) is 0. The molecule has 2 rings (SSSR count). The van der Waals surface area contributed by atoms with E-state index in [4.69, 9.17) is 5.73 Å². The summed E-state index contributed by atoms with van der Waals surface area (Å²) in [5.74, 6) is 0.517. The third-order valence-electron chi connectivity index (χ3n) is 2.88. The maximum Gasteiger partial charge on any atom is 0.244 e. The minimum atomic E-state index is -3.47. The Hall–Kier alpha value is -0.590. The lowest BCUT2D eigenvalue weighted by molar-refractivity contribution is 0.453. The molecule has 0 atom stereocenters. The minimum Gasteiger partial charge on any atom is -0.398 e. The van der Waals surface area contributed by atoms with E-state index in [0.29, 0.717) is 16.9 Å². The SMILES string of the molecule is CN(CC1CC1)S(=O)(=O)c1cc(Br)ccc1N. The third kappa shape index (κ3) is 2.81. The van der Waals surface area contributed by atoms with Crippen molar-refractivity contribution in [3.05, 3.63) is 22.7 Å². The summed E-state index contributed by atoms with van der Waals surface area (Å²) in [5.41, 5.74) is 6.02. The van der Waals surface area contributed by atoms with Crippen LogP contribution in [0.25, 0.3) is 0 Å². The molecular weight excluding hydrogens is 304 g/mol. The van der Waals surface area contributed by atoms with Gasteiger partial charge in [-0.05, 0) is 37.0 Å². The van der Waals surface area contributed by atoms with Crippen molar-refractivity contribution in [2.45, 2.75) is 17.7 Å². The molecule has 0 heterocycles. The zero-order chi connectivity index (χ0) is 12.6. The quantitative estimate of drug-likeness (QED) is 0.864. The van der Waals surface area contributed by atoms with Crippen LogP contribution < -0.4 is 5.73 Å². The predicted molar refractivity (Wildman–Crippen MR) is 71.1 cm³/mol. The van der Waals surface area contributed by atoms with Crippen molar-refractivity contribution in [2.75, 3.05) is 19.3 Å². The minimum absolute atomic E-state index is 0.176. The second-order valence-electron chi connectivity index (χ2n) is 4.41. The number of halogens is 1. The van der Waals surface area contributed by atoms with Crippen molar-refractivity contribution in [1.29, 1.82) is 0 Å². The Morgan fingerprint density at radius 3 is 2.71 bits per heavy atom. The molecule has 0 saturated heterocycles. The van der Waals surface area contributed by atoms with Crippen molar-refractivity contribution in [1.82, 2.24) is 4.31 Å². The Labute approximate surface area is 110 Å². The molecule has 0 unspecified atom stereocenters. The van der Waals surface area contributed by atoms with Gasteiger partial charge in [0.15, 0.2) is 0 Å². The molecule has 1 fully saturated rings. The van der Waals surface area contributed by atoms with E-state index in [1.807, 2.05) is 0 Å². The smallest absolute Gasteiger partial charge is 0.244 e. The van der Waals surface area contributed by atoms with Gasteiger partial charge in [-0.15, -0.1) is 0 Å². The van der Waals surface area contributed by atoms with E-state index in [1.165, 1.54) is 4.31 Å². The molecule has 6 heteroatoms. The molecule has 94 valence electrons. The monoisotopic (exact) mass is 318 g/mol. The highest BCUT2D eigenvalue weighted by atomic mass is 79.9. The highest BCUT2D eigenvalue weighted by Gasteiger charge is 2.30. The molecule has 0 radical (unpaired) electrons. The van der Waals surface area contributed by atoms with Crippen LogP contribution in [0, 0.1) is 5.92 Å². The lowest BCUT2D eigenvalue weighted by Gasteiger charge is -2.18. The van der Waals surface area contributed by atoms with Gasteiger partial charge in [-0.3, -0.25) is 0 Å². The lowest BCUT2D eigenvalue weighted by Crippen LogP contribution is -2.29. The molecule has 0 amide bonds. The van der Waals surface area contributed by atoms with Gasteiger partial charge in [0.05, 0.1) is 5.69 Å². The molecule has 1 aromatic rings. The van der Waals surface area contributed by atoms with Crippen molar-refractivity contribution in [3.8, 4) is 0 Å². The summed E-state index contributed by atoms with van der Waals surface area (Å²) in [4.78, 5) is 0.176. The van der Waals surface area contributed by atoms with Crippen LogP contribution in [0.2, 0.25) is 0 Å². The van der Waals surface area contributed by atoms with Crippen LogP contribution in [0.5, 0.6) is 0 Å². The van der Waals surface area contributed by atoms with Gasteiger partial charge in [-0.1, -0.05) is 15.9 Å². The van der Waals surface area contributed by atoms with Gasteiger partial charge in [0.25, 0.3) is 0 Å². The first-order valence-corrected chi connectivity index (χ1v) is 7.66. The fourth-order valence-electron chi connectivity index (χ4n) is 1.66. The molecule has 1 saturated carbocycles. The molecule has 1 aliphatic rings. The van der Waals surface area contributed by atoms with Gasteiger partial charge in [0.1, 0.15) is 4.90 Å². The lowest BCUT2D eigenvalue weighted by atomic mass is 10.3. The van der Waals surface area contributed by atoms with Gasteiger partial charge in [-0.25, -0.2) is 12.7 Å². The maximum atomic E-state index is 12.3. The van der Waals surface area contributed by atoms with Gasteiger partial charge >= 0.3 is 0 Å². The number of anilines is 1. The fraction of sp³-hybridized carbons (Fsp3) is 0.455. The van der Waals surface area contributed by atoms with E-state index in [0.717, 1.165) is 12.8 Å². The molecule has 0 bridgehead atoms. The highest BCUT2D eigenvalue weighted by Crippen LogP contribution is 2.32. The average molecular weight is 319 g/mol. The Morgan fingerprint density at radius 1 is 1.47 bits per heavy atom. The Bertz CT molecular complexity index is 526. The molecule has 0 aromatic heterocycles. The fourth-order valence-corrected chi connectivity index (χ4v) is 3.56. The van der Waals surface area contributed by atoms with Crippen molar-refractivity contribution < 1.29 is 8.42 Å². The summed E-state index contributed by atoms with van der Waals surface area (Å²) < 4.78 is 26.7. The number of nitrogen functional groups attached to an aromatic ring is 1. The van der Waals surface area contributed by atoms with E-state index < -0.39 is 10.0 Å². The van der Waals surface area contributed by atoms with Crippen LogP contribution in [0.1, 0.15) is 12.8 Å². The number of hydrogen-bond donors (Lipinski definition) is 1. The largest absolute Gasteiger partial charge is 0.398 e. The van der Waals surface area contributed by atoms with Crippen molar-refractivity contribution >= 4 is 31.6 Å². The summed E-state index contributed by atoms with van der Waals surface area (Å²) in [6, 6.07) is 4.88. The van der Waals surface area contributed by atoms with Crippen molar-refractivity contribution in [2.24, 2.45) is 5.92 Å². The van der Waals surface area contributed by atoms with Gasteiger partial charge < -0.3 is 5.73 Å². The first kappa shape index (κ1) is 12.9. The average Bonchev–Trinajstić information content (AvgIpc) is 3.05. The zero-order valence-corrected chi connectivity index (χ0v) is 12.0. The second kappa shape index (κ2) is 4.59. The van der Waals surface area contributed by atoms with Crippen LogP contribution in [-0.2, 0) is 10.0 Å². The summed E-state index contributed by atoms with van der Waals surface area (Å²) in [7, 11) is -1.86. The molecular formula is C11H15BrN2O2S. The van der Waals surface area contributed by atoms with E-state index in [1.54, 1.807) is 25.2 Å². The standard InChI is InChI=1S/C11H15BrN2O2S/c1-14(7-8-2-3-8)17(15,16)11-6-9(12)4-5-10(11)13/h4-6,8H,2-3,7,13H2,1H3. The number of hydrogen-bond acceptors (Lipinski definition) is 3. The molecule has 1 aromatic carbocycles. The summed E-state index contributed by atoms with van der Waals surface area (Å²) >= 11 is 3.26. The normalized spacial score (nSPS) is 16.4. The molecule has 17 heavy (non-hydrogen) atoms. The van der Waals surface area contributed by atoms with E-state index >= 15 is 0 Å². The topological polar surface area (TPSA) is 63.4 Å². The first-order valence-electron chi connectivity index (χ1n) is 5.42. The Morgan fingerprint density at radius 2 is 2.12 bits per heavy atom. The molecule has 4 nitrogen and oxygen atoms in total. The van der Waals surface area contributed by atoms with E-state index in [2.05, 4.69) is 15.9 Å².